The quantitative estimate of drug-likeness (QED) is 0.670. The van der Waals surface area contributed by atoms with E-state index in [1.807, 2.05) is 0 Å². The lowest BCUT2D eigenvalue weighted by atomic mass is 10.5. The van der Waals surface area contributed by atoms with E-state index in [9.17, 15) is 13.3 Å². The highest BCUT2D eigenvalue weighted by Gasteiger charge is 2.31. The number of hydrogen-bond acceptors (Lipinski definition) is 3. The van der Waals surface area contributed by atoms with Crippen molar-refractivity contribution in [2.45, 2.75) is 46.1 Å². The Balaban J connectivity index is 4.41. The molecule has 1 unspecified atom stereocenters. The molecule has 0 bridgehead atoms. The number of rotatable bonds is 6. The third kappa shape index (κ3) is 6.83. The minimum atomic E-state index is -3.61. The van der Waals surface area contributed by atoms with Crippen LogP contribution in [0.4, 0.5) is 8.78 Å². The second-order valence-electron chi connectivity index (χ2n) is 3.24. The molecule has 0 aliphatic carbocycles. The molecule has 7 heteroatoms. The van der Waals surface area contributed by atoms with Gasteiger partial charge in [0, 0.05) is 0 Å². The van der Waals surface area contributed by atoms with E-state index < -0.39 is 21.7 Å². The summed E-state index contributed by atoms with van der Waals surface area (Å²) in [4.78, 5) is 0. The molecule has 0 aliphatic heterocycles. The van der Waals surface area contributed by atoms with Crippen molar-refractivity contribution in [3.63, 3.8) is 0 Å². The average Bonchev–Trinajstić information content (AvgIpc) is 1.76. The van der Waals surface area contributed by atoms with Crippen LogP contribution in [0.1, 0.15) is 27.7 Å². The van der Waals surface area contributed by atoms with Crippen molar-refractivity contribution in [2.24, 2.45) is 0 Å². The van der Waals surface area contributed by atoms with Gasteiger partial charge in [-0.25, -0.2) is 8.78 Å². The Kier molecular flexibility index (Phi) is 6.31. The molecular formula is C7H16F2O3P2. The molecule has 1 atom stereocenters. The van der Waals surface area contributed by atoms with Crippen LogP contribution in [0.2, 0.25) is 0 Å². The first-order valence-electron chi connectivity index (χ1n) is 4.28. The zero-order valence-electron chi connectivity index (χ0n) is 8.66. The first-order chi connectivity index (χ1) is 6.25. The molecular weight excluding hydrogens is 232 g/mol. The molecule has 0 aliphatic rings. The molecule has 0 amide bonds. The second-order valence-corrected chi connectivity index (χ2v) is 7.76. The van der Waals surface area contributed by atoms with Crippen LogP contribution in [0.25, 0.3) is 0 Å². The molecule has 0 radical (unpaired) electrons. The van der Waals surface area contributed by atoms with E-state index in [1.54, 1.807) is 27.7 Å². The Morgan fingerprint density at radius 1 is 1.07 bits per heavy atom. The Bertz CT molecular complexity index is 176. The maximum atomic E-state index is 12.1. The molecule has 0 heterocycles. The van der Waals surface area contributed by atoms with Gasteiger partial charge in [-0.15, -0.1) is 0 Å². The zero-order chi connectivity index (χ0) is 11.4. The summed E-state index contributed by atoms with van der Waals surface area (Å²) in [6.45, 7) is 6.52. The third-order valence-corrected chi connectivity index (χ3v) is 5.03. The summed E-state index contributed by atoms with van der Waals surface area (Å²) in [6, 6.07) is 0. The predicted octanol–water partition coefficient (Wildman–Crippen LogP) is 3.85. The summed E-state index contributed by atoms with van der Waals surface area (Å²) in [5.74, 6) is 0. The van der Waals surface area contributed by atoms with E-state index >= 15 is 0 Å². The van der Waals surface area contributed by atoms with E-state index in [2.05, 4.69) is 0 Å². The molecule has 3 nitrogen and oxygen atoms in total. The minimum absolute atomic E-state index is 0.383. The topological polar surface area (TPSA) is 35.5 Å². The first kappa shape index (κ1) is 14.4. The van der Waals surface area contributed by atoms with Gasteiger partial charge in [-0.05, 0) is 27.7 Å². The van der Waals surface area contributed by atoms with Gasteiger partial charge in [-0.1, -0.05) is 0 Å². The standard InChI is InChI=1S/C7H16F2O3P2/c1-5(2)11-14(10,12-6(3)4)13-7(8)9/h5-7,13H,1-4H3. The van der Waals surface area contributed by atoms with Gasteiger partial charge in [0.1, 0.15) is 0 Å². The summed E-state index contributed by atoms with van der Waals surface area (Å²) in [6.07, 6.45) is -3.42. The summed E-state index contributed by atoms with van der Waals surface area (Å²) in [7, 11) is -4.71. The number of alkyl halides is 2. The number of hydrogen-bond donors (Lipinski definition) is 0. The highest BCUT2D eigenvalue weighted by molar-refractivity contribution is 8.20. The molecule has 0 aromatic rings. The van der Waals surface area contributed by atoms with Gasteiger partial charge < -0.3 is 9.05 Å². The predicted molar refractivity (Wildman–Crippen MR) is 54.4 cm³/mol. The van der Waals surface area contributed by atoms with Crippen LogP contribution in [0, 0.1) is 0 Å². The lowest BCUT2D eigenvalue weighted by Crippen LogP contribution is -2.06. The van der Waals surface area contributed by atoms with Crippen LogP contribution in [0.15, 0.2) is 0 Å². The van der Waals surface area contributed by atoms with Gasteiger partial charge in [0.2, 0.25) is 0 Å². The largest absolute Gasteiger partial charge is 0.352 e. The van der Waals surface area contributed by atoms with Crippen molar-refractivity contribution in [3.05, 3.63) is 0 Å². The van der Waals surface area contributed by atoms with Gasteiger partial charge in [-0.3, -0.25) is 4.57 Å². The normalized spacial score (nSPS) is 14.1. The van der Waals surface area contributed by atoms with Crippen LogP contribution in [0.3, 0.4) is 0 Å². The summed E-state index contributed by atoms with van der Waals surface area (Å²) in [5.41, 5.74) is 0. The summed E-state index contributed by atoms with van der Waals surface area (Å²) < 4.78 is 45.8. The number of halogens is 2. The molecule has 0 saturated heterocycles. The van der Waals surface area contributed by atoms with Crippen molar-refractivity contribution >= 4 is 15.6 Å². The van der Waals surface area contributed by atoms with Gasteiger partial charge in [0.05, 0.1) is 20.5 Å². The van der Waals surface area contributed by atoms with Gasteiger partial charge in [0.25, 0.3) is 6.17 Å². The van der Waals surface area contributed by atoms with Crippen LogP contribution in [0.5, 0.6) is 0 Å². The van der Waals surface area contributed by atoms with Crippen molar-refractivity contribution in [1.82, 2.24) is 0 Å². The lowest BCUT2D eigenvalue weighted by molar-refractivity contribution is 0.153. The molecule has 0 N–H and O–H groups in total. The van der Waals surface area contributed by atoms with Crippen LogP contribution < -0.4 is 0 Å². The van der Waals surface area contributed by atoms with Crippen molar-refractivity contribution in [1.29, 1.82) is 0 Å². The average molecular weight is 248 g/mol. The highest BCUT2D eigenvalue weighted by Crippen LogP contribution is 2.68. The highest BCUT2D eigenvalue weighted by atomic mass is 32.1. The summed E-state index contributed by atoms with van der Waals surface area (Å²) in [5, 5.41) is 0. The monoisotopic (exact) mass is 248 g/mol. The Labute approximate surface area is 84.8 Å². The van der Waals surface area contributed by atoms with Crippen molar-refractivity contribution < 1.29 is 22.4 Å². The molecule has 0 saturated carbocycles. The molecule has 0 aromatic carbocycles. The molecule has 86 valence electrons. The van der Waals surface area contributed by atoms with Gasteiger partial charge >= 0.3 is 7.28 Å². The van der Waals surface area contributed by atoms with Crippen molar-refractivity contribution in [3.8, 4) is 0 Å². The lowest BCUT2D eigenvalue weighted by Gasteiger charge is -2.22. The Hall–Kier alpha value is 0.440. The third-order valence-electron chi connectivity index (χ3n) is 0.955. The smallest absolute Gasteiger partial charge is 0.303 e. The summed E-state index contributed by atoms with van der Waals surface area (Å²) >= 11 is 0. The molecule has 0 fully saturated rings. The second kappa shape index (κ2) is 6.12. The van der Waals surface area contributed by atoms with E-state index in [1.165, 1.54) is 0 Å². The fourth-order valence-electron chi connectivity index (χ4n) is 0.760. The molecule has 14 heavy (non-hydrogen) atoms. The van der Waals surface area contributed by atoms with Crippen LogP contribution in [-0.4, -0.2) is 18.4 Å². The van der Waals surface area contributed by atoms with E-state index in [-0.39, 0.29) is 12.2 Å². The van der Waals surface area contributed by atoms with Gasteiger partial charge in [-0.2, -0.15) is 0 Å². The zero-order valence-corrected chi connectivity index (χ0v) is 10.6. The molecule has 0 spiro atoms. The fraction of sp³-hybridized carbons (Fsp3) is 1.00. The Morgan fingerprint density at radius 3 is 1.64 bits per heavy atom. The maximum Gasteiger partial charge on any atom is 0.352 e. The van der Waals surface area contributed by atoms with Gasteiger partial charge in [0.15, 0.2) is 0 Å². The van der Waals surface area contributed by atoms with Crippen LogP contribution >= 0.6 is 15.6 Å². The maximum absolute atomic E-state index is 12.1. The van der Waals surface area contributed by atoms with E-state index in [0.717, 1.165) is 0 Å². The Morgan fingerprint density at radius 2 is 1.43 bits per heavy atom. The molecule has 0 rings (SSSR count). The first-order valence-corrected chi connectivity index (χ1v) is 7.74. The fourth-order valence-corrected chi connectivity index (χ4v) is 4.63. The van der Waals surface area contributed by atoms with Crippen LogP contribution in [-0.2, 0) is 13.6 Å². The van der Waals surface area contributed by atoms with E-state index in [0.29, 0.717) is 0 Å². The van der Waals surface area contributed by atoms with Crippen molar-refractivity contribution in [2.75, 3.05) is 0 Å². The SMILES string of the molecule is CC(C)OP(=O)(OC(C)C)PC(F)F. The minimum Gasteiger partial charge on any atom is -0.303 e. The van der Waals surface area contributed by atoms with E-state index in [4.69, 9.17) is 9.05 Å². The molecule has 0 aromatic heterocycles.